The van der Waals surface area contributed by atoms with E-state index in [0.717, 1.165) is 25.9 Å². The van der Waals surface area contributed by atoms with E-state index in [2.05, 4.69) is 23.8 Å². The van der Waals surface area contributed by atoms with Crippen LogP contribution >= 0.6 is 0 Å². The molecule has 4 nitrogen and oxygen atoms in total. The van der Waals surface area contributed by atoms with Crippen molar-refractivity contribution in [2.75, 3.05) is 33.4 Å². The van der Waals surface area contributed by atoms with E-state index in [4.69, 9.17) is 4.74 Å². The zero-order valence-corrected chi connectivity index (χ0v) is 11.9. The van der Waals surface area contributed by atoms with E-state index in [9.17, 15) is 4.79 Å². The molecule has 0 spiro atoms. The van der Waals surface area contributed by atoms with Crippen molar-refractivity contribution < 1.29 is 9.53 Å². The first-order valence-corrected chi connectivity index (χ1v) is 7.18. The second-order valence-electron chi connectivity index (χ2n) is 5.78. The Balaban J connectivity index is 2.11. The minimum absolute atomic E-state index is 0.0133. The third-order valence-corrected chi connectivity index (χ3v) is 4.65. The summed E-state index contributed by atoms with van der Waals surface area (Å²) in [7, 11) is 2.19. The number of ether oxygens (including phenoxy) is 1. The van der Waals surface area contributed by atoms with Crippen LogP contribution in [0.5, 0.6) is 0 Å². The van der Waals surface area contributed by atoms with Gasteiger partial charge in [-0.3, -0.25) is 4.79 Å². The first-order chi connectivity index (χ1) is 8.59. The van der Waals surface area contributed by atoms with Crippen molar-refractivity contribution in [1.29, 1.82) is 0 Å². The fourth-order valence-corrected chi connectivity index (χ4v) is 3.70. The summed E-state index contributed by atoms with van der Waals surface area (Å²) in [5, 5.41) is 0. The molecule has 2 heterocycles. The Hall–Kier alpha value is -0.610. The molecular weight excluding hydrogens is 228 g/mol. The van der Waals surface area contributed by atoms with E-state index in [0.29, 0.717) is 12.6 Å². The first-order valence-electron chi connectivity index (χ1n) is 7.18. The number of fused-ring (bicyclic) bond motifs is 1. The van der Waals surface area contributed by atoms with Gasteiger partial charge in [0.1, 0.15) is 6.61 Å². The number of likely N-dealkylation sites (tertiary alicyclic amines) is 2. The maximum Gasteiger partial charge on any atom is 0.249 e. The van der Waals surface area contributed by atoms with Crippen LogP contribution in [0.2, 0.25) is 0 Å². The topological polar surface area (TPSA) is 32.8 Å². The molecule has 0 aromatic carbocycles. The van der Waals surface area contributed by atoms with Crippen LogP contribution in [0.1, 0.15) is 39.5 Å². The summed E-state index contributed by atoms with van der Waals surface area (Å²) in [6, 6.07) is 0.519. The fourth-order valence-electron chi connectivity index (χ4n) is 3.70. The highest BCUT2D eigenvalue weighted by Gasteiger charge is 2.47. The SMILES string of the molecule is CCOCC(=O)N1CCC[C@@H]2N(C)CCC[C@@]21C. The molecule has 0 bridgehead atoms. The van der Waals surface area contributed by atoms with Crippen LogP contribution in [0, 0.1) is 0 Å². The largest absolute Gasteiger partial charge is 0.372 e. The van der Waals surface area contributed by atoms with Gasteiger partial charge in [-0.25, -0.2) is 0 Å². The molecule has 104 valence electrons. The van der Waals surface area contributed by atoms with Gasteiger partial charge in [0.05, 0.1) is 5.54 Å². The smallest absolute Gasteiger partial charge is 0.249 e. The Morgan fingerprint density at radius 1 is 1.39 bits per heavy atom. The predicted molar refractivity (Wildman–Crippen MR) is 71.5 cm³/mol. The molecule has 2 fully saturated rings. The molecule has 0 N–H and O–H groups in total. The molecule has 2 aliphatic heterocycles. The van der Waals surface area contributed by atoms with Gasteiger partial charge in [0.15, 0.2) is 0 Å². The molecule has 0 aliphatic carbocycles. The molecule has 2 rings (SSSR count). The van der Waals surface area contributed by atoms with Gasteiger partial charge in [0, 0.05) is 19.2 Å². The number of piperidine rings is 2. The summed E-state index contributed by atoms with van der Waals surface area (Å²) in [5.41, 5.74) is 0.0133. The lowest BCUT2D eigenvalue weighted by Crippen LogP contribution is -2.67. The molecule has 4 heteroatoms. The Bertz CT molecular complexity index is 308. The number of likely N-dealkylation sites (N-methyl/N-ethyl adjacent to an activating group) is 1. The highest BCUT2D eigenvalue weighted by Crippen LogP contribution is 2.38. The van der Waals surface area contributed by atoms with Gasteiger partial charge in [-0.15, -0.1) is 0 Å². The molecule has 18 heavy (non-hydrogen) atoms. The summed E-state index contributed by atoms with van der Waals surface area (Å²) >= 11 is 0. The highest BCUT2D eigenvalue weighted by molar-refractivity contribution is 5.78. The number of carbonyl (C=O) groups excluding carboxylic acids is 1. The number of hydrogen-bond donors (Lipinski definition) is 0. The third kappa shape index (κ3) is 2.41. The number of hydrogen-bond acceptors (Lipinski definition) is 3. The van der Waals surface area contributed by atoms with Crippen molar-refractivity contribution in [3.8, 4) is 0 Å². The summed E-state index contributed by atoms with van der Waals surface area (Å²) in [4.78, 5) is 16.8. The van der Waals surface area contributed by atoms with Crippen molar-refractivity contribution in [3.63, 3.8) is 0 Å². The van der Waals surface area contributed by atoms with E-state index in [1.54, 1.807) is 0 Å². The Kier molecular flexibility index (Phi) is 4.28. The molecule has 2 aliphatic rings. The first kappa shape index (κ1) is 13.8. The number of amides is 1. The lowest BCUT2D eigenvalue weighted by molar-refractivity contribution is -0.151. The number of nitrogens with zero attached hydrogens (tertiary/aromatic N) is 2. The second kappa shape index (κ2) is 5.57. The Morgan fingerprint density at radius 2 is 2.17 bits per heavy atom. The van der Waals surface area contributed by atoms with E-state index >= 15 is 0 Å². The molecule has 2 saturated heterocycles. The average Bonchev–Trinajstić information content (AvgIpc) is 2.35. The Morgan fingerprint density at radius 3 is 2.89 bits per heavy atom. The van der Waals surface area contributed by atoms with Crippen LogP contribution in [0.3, 0.4) is 0 Å². The zero-order valence-electron chi connectivity index (χ0n) is 11.9. The highest BCUT2D eigenvalue weighted by atomic mass is 16.5. The standard InChI is InChI=1S/C14H26N2O2/c1-4-18-11-13(17)16-10-5-7-12-14(16,2)8-6-9-15(12)3/h12H,4-11H2,1-3H3/t12-,14-/m0/s1. The lowest BCUT2D eigenvalue weighted by atomic mass is 9.76. The normalized spacial score (nSPS) is 33.3. The van der Waals surface area contributed by atoms with Crippen LogP contribution < -0.4 is 0 Å². The van der Waals surface area contributed by atoms with E-state index < -0.39 is 0 Å². The van der Waals surface area contributed by atoms with Crippen LogP contribution in [-0.2, 0) is 9.53 Å². The van der Waals surface area contributed by atoms with Gasteiger partial charge in [-0.05, 0) is 53.1 Å². The van der Waals surface area contributed by atoms with Crippen molar-refractivity contribution in [2.24, 2.45) is 0 Å². The van der Waals surface area contributed by atoms with Gasteiger partial charge in [-0.2, -0.15) is 0 Å². The summed E-state index contributed by atoms with van der Waals surface area (Å²) in [5.74, 6) is 0.166. The molecule has 1 amide bonds. The van der Waals surface area contributed by atoms with Crippen LogP contribution in [-0.4, -0.2) is 60.6 Å². The quantitative estimate of drug-likeness (QED) is 0.765. The number of carbonyl (C=O) groups is 1. The maximum absolute atomic E-state index is 12.3. The summed E-state index contributed by atoms with van der Waals surface area (Å²) < 4.78 is 5.30. The van der Waals surface area contributed by atoms with Gasteiger partial charge in [-0.1, -0.05) is 0 Å². The van der Waals surface area contributed by atoms with Crippen LogP contribution in [0.4, 0.5) is 0 Å². The van der Waals surface area contributed by atoms with E-state index in [-0.39, 0.29) is 18.1 Å². The van der Waals surface area contributed by atoms with E-state index in [1.807, 2.05) is 6.92 Å². The molecule has 0 aromatic rings. The van der Waals surface area contributed by atoms with Gasteiger partial charge in [0.25, 0.3) is 0 Å². The van der Waals surface area contributed by atoms with Crippen LogP contribution in [0.25, 0.3) is 0 Å². The molecule has 0 saturated carbocycles. The minimum Gasteiger partial charge on any atom is -0.372 e. The fraction of sp³-hybridized carbons (Fsp3) is 0.929. The molecule has 0 aromatic heterocycles. The number of rotatable bonds is 3. The summed E-state index contributed by atoms with van der Waals surface area (Å²) in [6.07, 6.45) is 4.63. The van der Waals surface area contributed by atoms with Gasteiger partial charge < -0.3 is 14.5 Å². The van der Waals surface area contributed by atoms with Crippen molar-refractivity contribution in [1.82, 2.24) is 9.80 Å². The molecule has 2 atom stereocenters. The second-order valence-corrected chi connectivity index (χ2v) is 5.78. The third-order valence-electron chi connectivity index (χ3n) is 4.65. The molecule has 0 unspecified atom stereocenters. The molecular formula is C14H26N2O2. The average molecular weight is 254 g/mol. The van der Waals surface area contributed by atoms with E-state index in [1.165, 1.54) is 12.8 Å². The van der Waals surface area contributed by atoms with Crippen molar-refractivity contribution in [3.05, 3.63) is 0 Å². The molecule has 0 radical (unpaired) electrons. The van der Waals surface area contributed by atoms with Crippen molar-refractivity contribution >= 4 is 5.91 Å². The van der Waals surface area contributed by atoms with Gasteiger partial charge >= 0.3 is 0 Å². The predicted octanol–water partition coefficient (Wildman–Crippen LogP) is 1.50. The Labute approximate surface area is 110 Å². The van der Waals surface area contributed by atoms with Crippen molar-refractivity contribution in [2.45, 2.75) is 51.1 Å². The summed E-state index contributed by atoms with van der Waals surface area (Å²) in [6.45, 7) is 7.10. The zero-order chi connectivity index (χ0) is 13.2. The van der Waals surface area contributed by atoms with Crippen LogP contribution in [0.15, 0.2) is 0 Å². The lowest BCUT2D eigenvalue weighted by Gasteiger charge is -2.55. The minimum atomic E-state index is 0.0133. The monoisotopic (exact) mass is 254 g/mol. The maximum atomic E-state index is 12.3. The van der Waals surface area contributed by atoms with Gasteiger partial charge in [0.2, 0.25) is 5.91 Å².